The first-order chi connectivity index (χ1) is 14.9. The molecule has 0 aromatic heterocycles. The van der Waals surface area contributed by atoms with E-state index >= 15 is 0 Å². The van der Waals surface area contributed by atoms with E-state index in [-0.39, 0.29) is 18.6 Å². The van der Waals surface area contributed by atoms with Crippen molar-refractivity contribution in [1.29, 1.82) is 0 Å². The summed E-state index contributed by atoms with van der Waals surface area (Å²) in [4.78, 5) is 24.2. The van der Waals surface area contributed by atoms with Gasteiger partial charge in [-0.05, 0) is 42.7 Å². The summed E-state index contributed by atoms with van der Waals surface area (Å²) in [7, 11) is 4.54. The van der Waals surface area contributed by atoms with Crippen molar-refractivity contribution in [1.82, 2.24) is 5.32 Å². The molecule has 7 heteroatoms. The average molecular weight is 427 g/mol. The Bertz CT molecular complexity index is 895. The van der Waals surface area contributed by atoms with Gasteiger partial charge >= 0.3 is 5.97 Å². The van der Waals surface area contributed by atoms with Crippen LogP contribution in [0.15, 0.2) is 42.5 Å². The second-order valence-corrected chi connectivity index (χ2v) is 6.84. The van der Waals surface area contributed by atoms with Crippen molar-refractivity contribution in [2.45, 2.75) is 26.3 Å². The molecular weight excluding hydrogens is 398 g/mol. The lowest BCUT2D eigenvalue weighted by atomic mass is 10.0. The molecule has 0 bridgehead atoms. The quantitative estimate of drug-likeness (QED) is 0.458. The number of hydrogen-bond acceptors (Lipinski definition) is 6. The number of carbonyl (C=O) groups is 2. The maximum Gasteiger partial charge on any atom is 0.331 e. The number of aryl methyl sites for hydroxylation is 1. The first-order valence-electron chi connectivity index (χ1n) is 9.92. The Labute approximate surface area is 183 Å². The lowest BCUT2D eigenvalue weighted by Crippen LogP contribution is -2.32. The Kier molecular flexibility index (Phi) is 8.94. The third-order valence-corrected chi connectivity index (χ3v) is 4.67. The monoisotopic (exact) mass is 427 g/mol. The van der Waals surface area contributed by atoms with E-state index in [0.717, 1.165) is 17.5 Å². The summed E-state index contributed by atoms with van der Waals surface area (Å²) in [5.41, 5.74) is 2.81. The Morgan fingerprint density at radius 3 is 2.13 bits per heavy atom. The molecular formula is C24H29NO6. The number of ether oxygens (including phenoxy) is 4. The van der Waals surface area contributed by atoms with Crippen molar-refractivity contribution in [2.24, 2.45) is 0 Å². The summed E-state index contributed by atoms with van der Waals surface area (Å²) >= 11 is 0. The van der Waals surface area contributed by atoms with Crippen LogP contribution in [-0.4, -0.2) is 39.8 Å². The minimum Gasteiger partial charge on any atom is -0.493 e. The molecule has 0 saturated carbocycles. The summed E-state index contributed by atoms with van der Waals surface area (Å²) in [5, 5.41) is 2.89. The summed E-state index contributed by atoms with van der Waals surface area (Å²) in [6.07, 6.45) is 3.51. The van der Waals surface area contributed by atoms with E-state index in [1.54, 1.807) is 18.2 Å². The van der Waals surface area contributed by atoms with Gasteiger partial charge in [0.15, 0.2) is 18.1 Å². The highest BCUT2D eigenvalue weighted by Gasteiger charge is 2.14. The first-order valence-corrected chi connectivity index (χ1v) is 9.92. The number of nitrogens with one attached hydrogen (secondary N) is 1. The minimum absolute atomic E-state index is 0.137. The molecule has 31 heavy (non-hydrogen) atoms. The van der Waals surface area contributed by atoms with E-state index in [4.69, 9.17) is 18.9 Å². The van der Waals surface area contributed by atoms with Gasteiger partial charge in [0, 0.05) is 6.08 Å². The lowest BCUT2D eigenvalue weighted by Gasteiger charge is -2.17. The summed E-state index contributed by atoms with van der Waals surface area (Å²) in [6, 6.07) is 11.2. The van der Waals surface area contributed by atoms with Gasteiger partial charge in [-0.25, -0.2) is 4.79 Å². The number of carbonyl (C=O) groups excluding carboxylic acids is 2. The van der Waals surface area contributed by atoms with E-state index in [9.17, 15) is 9.59 Å². The van der Waals surface area contributed by atoms with Crippen molar-refractivity contribution >= 4 is 18.0 Å². The number of amides is 1. The molecule has 0 aliphatic carbocycles. The molecule has 2 aromatic carbocycles. The van der Waals surface area contributed by atoms with Gasteiger partial charge in [0.25, 0.3) is 5.91 Å². The normalized spacial score (nSPS) is 11.6. The maximum atomic E-state index is 12.2. The van der Waals surface area contributed by atoms with E-state index in [1.165, 1.54) is 27.4 Å². The zero-order valence-electron chi connectivity index (χ0n) is 18.6. The van der Waals surface area contributed by atoms with Crippen molar-refractivity contribution in [3.63, 3.8) is 0 Å². The maximum absolute atomic E-state index is 12.2. The fourth-order valence-corrected chi connectivity index (χ4v) is 3.00. The van der Waals surface area contributed by atoms with Crippen LogP contribution < -0.4 is 19.5 Å². The van der Waals surface area contributed by atoms with Crippen molar-refractivity contribution in [2.75, 3.05) is 27.9 Å². The zero-order valence-corrected chi connectivity index (χ0v) is 18.6. The van der Waals surface area contributed by atoms with Crippen LogP contribution in [-0.2, 0) is 14.3 Å². The van der Waals surface area contributed by atoms with Gasteiger partial charge in [0.05, 0.1) is 27.4 Å². The van der Waals surface area contributed by atoms with Crippen LogP contribution in [0.3, 0.4) is 0 Å². The molecule has 0 saturated heterocycles. The smallest absolute Gasteiger partial charge is 0.331 e. The standard InChI is InChI=1S/C24H29NO6/c1-6-19(18-10-7-16(2)8-11-18)25-22(26)15-31-23(27)12-9-17-13-20(28-3)24(30-5)21(14-17)29-4/h7-14,19H,6,15H2,1-5H3,(H,25,26)/b12-9+/t19-/m0/s1. The molecule has 0 radical (unpaired) electrons. The van der Waals surface area contributed by atoms with Crippen LogP contribution in [0.4, 0.5) is 0 Å². The molecule has 1 N–H and O–H groups in total. The largest absolute Gasteiger partial charge is 0.493 e. The van der Waals surface area contributed by atoms with Gasteiger partial charge in [-0.2, -0.15) is 0 Å². The summed E-state index contributed by atoms with van der Waals surface area (Å²) in [6.45, 7) is 3.63. The predicted molar refractivity (Wildman–Crippen MR) is 118 cm³/mol. The molecule has 1 amide bonds. The van der Waals surface area contributed by atoms with Crippen LogP contribution >= 0.6 is 0 Å². The molecule has 0 fully saturated rings. The third-order valence-electron chi connectivity index (χ3n) is 4.67. The van der Waals surface area contributed by atoms with E-state index in [0.29, 0.717) is 22.8 Å². The molecule has 2 rings (SSSR count). The minimum atomic E-state index is -0.632. The highest BCUT2D eigenvalue weighted by atomic mass is 16.5. The Morgan fingerprint density at radius 2 is 1.61 bits per heavy atom. The van der Waals surface area contributed by atoms with Gasteiger partial charge in [-0.3, -0.25) is 4.79 Å². The number of rotatable bonds is 10. The van der Waals surface area contributed by atoms with Crippen LogP contribution in [0.2, 0.25) is 0 Å². The van der Waals surface area contributed by atoms with Gasteiger partial charge in [0.2, 0.25) is 5.75 Å². The van der Waals surface area contributed by atoms with Crippen LogP contribution in [0.1, 0.15) is 36.1 Å². The summed E-state index contributed by atoms with van der Waals surface area (Å²) in [5.74, 6) is 0.404. The average Bonchev–Trinajstić information content (AvgIpc) is 2.79. The second-order valence-electron chi connectivity index (χ2n) is 6.84. The van der Waals surface area contributed by atoms with Gasteiger partial charge < -0.3 is 24.3 Å². The number of esters is 1. The lowest BCUT2D eigenvalue weighted by molar-refractivity contribution is -0.144. The highest BCUT2D eigenvalue weighted by Crippen LogP contribution is 2.38. The van der Waals surface area contributed by atoms with Crippen LogP contribution in [0.25, 0.3) is 6.08 Å². The predicted octanol–water partition coefficient (Wildman–Crippen LogP) is 3.84. The van der Waals surface area contributed by atoms with Gasteiger partial charge in [0.1, 0.15) is 0 Å². The topological polar surface area (TPSA) is 83.1 Å². The molecule has 1 atom stereocenters. The fourth-order valence-electron chi connectivity index (χ4n) is 3.00. The molecule has 0 spiro atoms. The molecule has 166 valence electrons. The molecule has 0 aliphatic heterocycles. The molecule has 7 nitrogen and oxygen atoms in total. The zero-order chi connectivity index (χ0) is 22.8. The van der Waals surface area contributed by atoms with Crippen LogP contribution in [0.5, 0.6) is 17.2 Å². The van der Waals surface area contributed by atoms with E-state index in [2.05, 4.69) is 5.32 Å². The number of hydrogen-bond donors (Lipinski definition) is 1. The molecule has 2 aromatic rings. The summed E-state index contributed by atoms with van der Waals surface area (Å²) < 4.78 is 20.9. The highest BCUT2D eigenvalue weighted by molar-refractivity contribution is 5.89. The molecule has 0 heterocycles. The van der Waals surface area contributed by atoms with Crippen LogP contribution in [0, 0.1) is 6.92 Å². The molecule has 0 unspecified atom stereocenters. The fraction of sp³-hybridized carbons (Fsp3) is 0.333. The Balaban J connectivity index is 1.94. The second kappa shape index (κ2) is 11.6. The SMILES string of the molecule is CC[C@H](NC(=O)COC(=O)/C=C/c1cc(OC)c(OC)c(OC)c1)c1ccc(C)cc1. The first kappa shape index (κ1) is 23.8. The number of methoxy groups -OCH3 is 3. The number of benzene rings is 2. The van der Waals surface area contributed by atoms with Gasteiger partial charge in [-0.1, -0.05) is 36.8 Å². The third kappa shape index (κ3) is 6.77. The molecule has 0 aliphatic rings. The van der Waals surface area contributed by atoms with Crippen molar-refractivity contribution in [3.8, 4) is 17.2 Å². The van der Waals surface area contributed by atoms with Crippen molar-refractivity contribution in [3.05, 3.63) is 59.2 Å². The Hall–Kier alpha value is -3.48. The van der Waals surface area contributed by atoms with Crippen molar-refractivity contribution < 1.29 is 28.5 Å². The van der Waals surface area contributed by atoms with E-state index < -0.39 is 5.97 Å². The van der Waals surface area contributed by atoms with E-state index in [1.807, 2.05) is 38.1 Å². The Morgan fingerprint density at radius 1 is 1.00 bits per heavy atom. The van der Waals surface area contributed by atoms with Gasteiger partial charge in [-0.15, -0.1) is 0 Å².